The van der Waals surface area contributed by atoms with Gasteiger partial charge < -0.3 is 9.84 Å². The minimum Gasteiger partial charge on any atom is -0.494 e. The van der Waals surface area contributed by atoms with Crippen LogP contribution in [0.2, 0.25) is 0 Å². The number of ether oxygens (including phenoxy) is 1. The Morgan fingerprint density at radius 3 is 2.60 bits per heavy atom. The summed E-state index contributed by atoms with van der Waals surface area (Å²) in [5, 5.41) is 18.1. The van der Waals surface area contributed by atoms with Gasteiger partial charge >= 0.3 is 0 Å². The van der Waals surface area contributed by atoms with Crippen LogP contribution in [0.25, 0.3) is 0 Å². The van der Waals surface area contributed by atoms with Crippen LogP contribution in [0.1, 0.15) is 31.4 Å². The van der Waals surface area contributed by atoms with E-state index in [1.807, 2.05) is 37.3 Å². The Morgan fingerprint density at radius 1 is 1.40 bits per heavy atom. The zero-order valence-electron chi connectivity index (χ0n) is 8.81. The van der Waals surface area contributed by atoms with E-state index in [9.17, 15) is 5.11 Å². The number of aliphatic hydroxyl groups is 1. The molecule has 0 amide bonds. The monoisotopic (exact) mass is 205 g/mol. The van der Waals surface area contributed by atoms with Gasteiger partial charge in [0.15, 0.2) is 0 Å². The van der Waals surface area contributed by atoms with Crippen molar-refractivity contribution in [1.29, 1.82) is 5.26 Å². The first kappa shape index (κ1) is 11.5. The van der Waals surface area contributed by atoms with Crippen molar-refractivity contribution in [1.82, 2.24) is 0 Å². The largest absolute Gasteiger partial charge is 0.494 e. The lowest BCUT2D eigenvalue weighted by Crippen LogP contribution is -1.97. The van der Waals surface area contributed by atoms with Crippen molar-refractivity contribution >= 4 is 0 Å². The minimum absolute atomic E-state index is 0.369. The molecule has 0 saturated heterocycles. The van der Waals surface area contributed by atoms with E-state index in [1.54, 1.807) is 0 Å². The average molecular weight is 205 g/mol. The maximum atomic E-state index is 9.68. The van der Waals surface area contributed by atoms with Gasteiger partial charge in [0, 0.05) is 6.42 Å². The third-order valence-corrected chi connectivity index (χ3v) is 2.11. The molecule has 3 heteroatoms. The van der Waals surface area contributed by atoms with Gasteiger partial charge in [0.2, 0.25) is 0 Å². The van der Waals surface area contributed by atoms with Crippen LogP contribution in [-0.4, -0.2) is 11.7 Å². The first-order chi connectivity index (χ1) is 7.27. The van der Waals surface area contributed by atoms with Crippen molar-refractivity contribution < 1.29 is 9.84 Å². The molecule has 0 spiro atoms. The zero-order valence-corrected chi connectivity index (χ0v) is 8.81. The first-order valence-electron chi connectivity index (χ1n) is 5.05. The quantitative estimate of drug-likeness (QED) is 0.803. The molecule has 1 atom stereocenters. The Labute approximate surface area is 89.9 Å². The fourth-order valence-electron chi connectivity index (χ4n) is 1.32. The summed E-state index contributed by atoms with van der Waals surface area (Å²) < 4.78 is 5.29. The number of nitrogens with zero attached hydrogens (tertiary/aromatic N) is 1. The molecule has 15 heavy (non-hydrogen) atoms. The van der Waals surface area contributed by atoms with Crippen molar-refractivity contribution in [2.24, 2.45) is 0 Å². The lowest BCUT2D eigenvalue weighted by Gasteiger charge is -2.09. The molecule has 0 aliphatic carbocycles. The maximum Gasteiger partial charge on any atom is 0.119 e. The van der Waals surface area contributed by atoms with Crippen molar-refractivity contribution in [2.45, 2.75) is 25.9 Å². The van der Waals surface area contributed by atoms with Crippen LogP contribution >= 0.6 is 0 Å². The molecule has 0 aromatic heterocycles. The first-order valence-corrected chi connectivity index (χ1v) is 5.05. The highest BCUT2D eigenvalue weighted by molar-refractivity contribution is 5.28. The Balaban J connectivity index is 2.59. The summed E-state index contributed by atoms with van der Waals surface area (Å²) in [5.74, 6) is 0.800. The van der Waals surface area contributed by atoms with Crippen molar-refractivity contribution in [2.75, 3.05) is 6.61 Å². The highest BCUT2D eigenvalue weighted by Crippen LogP contribution is 2.20. The second-order valence-electron chi connectivity index (χ2n) is 3.21. The van der Waals surface area contributed by atoms with Crippen LogP contribution in [0, 0.1) is 11.3 Å². The van der Waals surface area contributed by atoms with Crippen LogP contribution in [0.4, 0.5) is 0 Å². The van der Waals surface area contributed by atoms with E-state index in [2.05, 4.69) is 0 Å². The van der Waals surface area contributed by atoms with E-state index in [0.29, 0.717) is 19.4 Å². The normalized spacial score (nSPS) is 11.8. The van der Waals surface area contributed by atoms with Crippen molar-refractivity contribution in [3.8, 4) is 11.8 Å². The fraction of sp³-hybridized carbons (Fsp3) is 0.417. The van der Waals surface area contributed by atoms with Crippen molar-refractivity contribution in [3.63, 3.8) is 0 Å². The molecule has 0 saturated carbocycles. The van der Waals surface area contributed by atoms with Gasteiger partial charge in [-0.2, -0.15) is 5.26 Å². The van der Waals surface area contributed by atoms with Crippen LogP contribution in [-0.2, 0) is 0 Å². The molecule has 0 aliphatic rings. The number of hydrogen-bond donors (Lipinski definition) is 1. The summed E-state index contributed by atoms with van der Waals surface area (Å²) in [6, 6.07) is 9.32. The van der Waals surface area contributed by atoms with E-state index in [4.69, 9.17) is 10.00 Å². The molecule has 1 rings (SSSR count). The highest BCUT2D eigenvalue weighted by atomic mass is 16.5. The molecule has 80 valence electrons. The van der Waals surface area contributed by atoms with Crippen LogP contribution < -0.4 is 4.74 Å². The molecule has 0 aliphatic heterocycles. The second kappa shape index (κ2) is 6.05. The number of hydrogen-bond acceptors (Lipinski definition) is 3. The summed E-state index contributed by atoms with van der Waals surface area (Å²) in [5.41, 5.74) is 0.828. The fourth-order valence-corrected chi connectivity index (χ4v) is 1.32. The summed E-state index contributed by atoms with van der Waals surface area (Å²) in [6.07, 6.45) is 0.291. The van der Waals surface area contributed by atoms with E-state index >= 15 is 0 Å². The third-order valence-electron chi connectivity index (χ3n) is 2.11. The number of nitriles is 1. The predicted molar refractivity (Wildman–Crippen MR) is 57.4 cm³/mol. The molecule has 1 aromatic carbocycles. The Hall–Kier alpha value is -1.53. The number of aliphatic hydroxyl groups excluding tert-OH is 1. The van der Waals surface area contributed by atoms with Gasteiger partial charge in [0.25, 0.3) is 0 Å². The molecular formula is C12H15NO2. The summed E-state index contributed by atoms with van der Waals surface area (Å²) in [6.45, 7) is 2.56. The molecule has 0 fully saturated rings. The van der Waals surface area contributed by atoms with E-state index in [1.165, 1.54) is 0 Å². The van der Waals surface area contributed by atoms with Crippen LogP contribution in [0.15, 0.2) is 24.3 Å². The highest BCUT2D eigenvalue weighted by Gasteiger charge is 2.06. The molecule has 0 heterocycles. The minimum atomic E-state index is -0.555. The SMILES string of the molecule is CCOc1ccc(C(O)CCC#N)cc1. The van der Waals surface area contributed by atoms with E-state index in [0.717, 1.165) is 11.3 Å². The van der Waals surface area contributed by atoms with E-state index < -0.39 is 6.10 Å². The molecule has 3 nitrogen and oxygen atoms in total. The van der Waals surface area contributed by atoms with Gasteiger partial charge in [-0.3, -0.25) is 0 Å². The summed E-state index contributed by atoms with van der Waals surface area (Å²) >= 11 is 0. The van der Waals surface area contributed by atoms with Gasteiger partial charge in [-0.1, -0.05) is 12.1 Å². The molecular weight excluding hydrogens is 190 g/mol. The third kappa shape index (κ3) is 3.61. The Morgan fingerprint density at radius 2 is 2.07 bits per heavy atom. The Bertz CT molecular complexity index is 326. The lowest BCUT2D eigenvalue weighted by atomic mass is 10.1. The Kier molecular flexibility index (Phi) is 4.65. The number of benzene rings is 1. The predicted octanol–water partition coefficient (Wildman–Crippen LogP) is 2.42. The zero-order chi connectivity index (χ0) is 11.1. The summed E-state index contributed by atoms with van der Waals surface area (Å²) in [4.78, 5) is 0. The molecule has 1 aromatic rings. The van der Waals surface area contributed by atoms with Crippen molar-refractivity contribution in [3.05, 3.63) is 29.8 Å². The molecule has 1 unspecified atom stereocenters. The standard InChI is InChI=1S/C12H15NO2/c1-2-15-11-7-5-10(6-8-11)12(14)4-3-9-13/h5-8,12,14H,2-4H2,1H3. The molecule has 0 radical (unpaired) electrons. The maximum absolute atomic E-state index is 9.68. The number of rotatable bonds is 5. The van der Waals surface area contributed by atoms with Gasteiger partial charge in [-0.05, 0) is 31.0 Å². The topological polar surface area (TPSA) is 53.2 Å². The van der Waals surface area contributed by atoms with E-state index in [-0.39, 0.29) is 0 Å². The van der Waals surface area contributed by atoms with Gasteiger partial charge in [0.05, 0.1) is 18.8 Å². The average Bonchev–Trinajstić information content (AvgIpc) is 2.27. The summed E-state index contributed by atoms with van der Waals surface area (Å²) in [7, 11) is 0. The van der Waals surface area contributed by atoms with Gasteiger partial charge in [-0.15, -0.1) is 0 Å². The molecule has 0 bridgehead atoms. The van der Waals surface area contributed by atoms with Gasteiger partial charge in [-0.25, -0.2) is 0 Å². The smallest absolute Gasteiger partial charge is 0.119 e. The second-order valence-corrected chi connectivity index (χ2v) is 3.21. The molecule has 1 N–H and O–H groups in total. The van der Waals surface area contributed by atoms with Crippen LogP contribution in [0.3, 0.4) is 0 Å². The van der Waals surface area contributed by atoms with Crippen LogP contribution in [0.5, 0.6) is 5.75 Å². The lowest BCUT2D eigenvalue weighted by molar-refractivity contribution is 0.169. The van der Waals surface area contributed by atoms with Gasteiger partial charge in [0.1, 0.15) is 5.75 Å².